The first-order valence-corrected chi connectivity index (χ1v) is 6.07. The lowest BCUT2D eigenvalue weighted by Gasteiger charge is -2.26. The van der Waals surface area contributed by atoms with Crippen LogP contribution in [0.2, 0.25) is 0 Å². The molecule has 18 heavy (non-hydrogen) atoms. The molecule has 0 aliphatic carbocycles. The number of nitrogens with zero attached hydrogens (tertiary/aromatic N) is 4. The molecular weight excluding hydrogens is 224 g/mol. The van der Waals surface area contributed by atoms with Crippen molar-refractivity contribution in [3.63, 3.8) is 0 Å². The van der Waals surface area contributed by atoms with Crippen molar-refractivity contribution in [2.45, 2.75) is 26.3 Å². The average molecular weight is 240 g/mol. The summed E-state index contributed by atoms with van der Waals surface area (Å²) in [6.45, 7) is 4.86. The molecule has 1 heterocycles. The summed E-state index contributed by atoms with van der Waals surface area (Å²) < 4.78 is 0. The molecule has 0 spiro atoms. The molecule has 0 atom stereocenters. The van der Waals surface area contributed by atoms with E-state index in [0.29, 0.717) is 19.0 Å². The molecule has 4 nitrogen and oxygen atoms in total. The van der Waals surface area contributed by atoms with Gasteiger partial charge < -0.3 is 4.90 Å². The quantitative estimate of drug-likeness (QED) is 0.824. The van der Waals surface area contributed by atoms with E-state index in [1.807, 2.05) is 24.3 Å². The van der Waals surface area contributed by atoms with Gasteiger partial charge in [0.2, 0.25) is 0 Å². The van der Waals surface area contributed by atoms with Crippen LogP contribution >= 0.6 is 0 Å². The SMILES string of the molecule is CC(C)N(CCC#N)c1cnc2ccccc2n1. The highest BCUT2D eigenvalue weighted by Crippen LogP contribution is 2.17. The Morgan fingerprint density at radius 3 is 2.67 bits per heavy atom. The number of anilines is 1. The molecule has 0 aliphatic rings. The summed E-state index contributed by atoms with van der Waals surface area (Å²) in [5.74, 6) is 0.832. The van der Waals surface area contributed by atoms with E-state index in [4.69, 9.17) is 5.26 Å². The number of hydrogen-bond donors (Lipinski definition) is 0. The van der Waals surface area contributed by atoms with Gasteiger partial charge in [-0.1, -0.05) is 12.1 Å². The van der Waals surface area contributed by atoms with Crippen molar-refractivity contribution < 1.29 is 0 Å². The number of aromatic nitrogens is 2. The minimum Gasteiger partial charge on any atom is -0.352 e. The summed E-state index contributed by atoms with van der Waals surface area (Å²) in [4.78, 5) is 11.1. The van der Waals surface area contributed by atoms with Crippen molar-refractivity contribution in [3.8, 4) is 6.07 Å². The number of rotatable bonds is 4. The van der Waals surface area contributed by atoms with Gasteiger partial charge in [-0.25, -0.2) is 4.98 Å². The standard InChI is InChI=1S/C14H16N4/c1-11(2)18(9-5-8-15)14-10-16-12-6-3-4-7-13(12)17-14/h3-4,6-7,10-11H,5,9H2,1-2H3. The monoisotopic (exact) mass is 240 g/mol. The highest BCUT2D eigenvalue weighted by Gasteiger charge is 2.12. The maximum atomic E-state index is 8.70. The third-order valence-corrected chi connectivity index (χ3v) is 2.82. The number of fused-ring (bicyclic) bond motifs is 1. The van der Waals surface area contributed by atoms with Crippen molar-refractivity contribution >= 4 is 16.9 Å². The van der Waals surface area contributed by atoms with Gasteiger partial charge in [0.05, 0.1) is 29.7 Å². The Labute approximate surface area is 107 Å². The molecule has 0 N–H and O–H groups in total. The number of benzene rings is 1. The molecule has 0 saturated heterocycles. The second-order valence-electron chi connectivity index (χ2n) is 4.41. The Morgan fingerprint density at radius 1 is 1.28 bits per heavy atom. The topological polar surface area (TPSA) is 52.8 Å². The third-order valence-electron chi connectivity index (χ3n) is 2.82. The highest BCUT2D eigenvalue weighted by atomic mass is 15.2. The van der Waals surface area contributed by atoms with Gasteiger partial charge in [0, 0.05) is 12.6 Å². The minimum atomic E-state index is 0.300. The van der Waals surface area contributed by atoms with Crippen LogP contribution in [-0.2, 0) is 0 Å². The number of hydrogen-bond acceptors (Lipinski definition) is 4. The summed E-state index contributed by atoms with van der Waals surface area (Å²) in [6, 6.07) is 10.3. The molecule has 0 unspecified atom stereocenters. The molecule has 92 valence electrons. The zero-order chi connectivity index (χ0) is 13.0. The molecule has 0 amide bonds. The molecule has 2 rings (SSSR count). The van der Waals surface area contributed by atoms with Gasteiger partial charge in [-0.05, 0) is 26.0 Å². The second kappa shape index (κ2) is 5.46. The maximum Gasteiger partial charge on any atom is 0.148 e. The van der Waals surface area contributed by atoms with Crippen LogP contribution in [0.25, 0.3) is 11.0 Å². The van der Waals surface area contributed by atoms with Crippen molar-refractivity contribution in [1.29, 1.82) is 5.26 Å². The normalized spacial score (nSPS) is 10.6. The van der Waals surface area contributed by atoms with Crippen molar-refractivity contribution in [3.05, 3.63) is 30.5 Å². The maximum absolute atomic E-state index is 8.70. The Hall–Kier alpha value is -2.15. The van der Waals surface area contributed by atoms with Crippen molar-refractivity contribution in [2.24, 2.45) is 0 Å². The molecular formula is C14H16N4. The van der Waals surface area contributed by atoms with Crippen LogP contribution in [0, 0.1) is 11.3 Å². The Balaban J connectivity index is 2.35. The predicted octanol–water partition coefficient (Wildman–Crippen LogP) is 2.76. The fourth-order valence-corrected chi connectivity index (χ4v) is 1.89. The van der Waals surface area contributed by atoms with Gasteiger partial charge in [0.1, 0.15) is 5.82 Å². The lowest BCUT2D eigenvalue weighted by atomic mass is 10.2. The third kappa shape index (κ3) is 2.57. The van der Waals surface area contributed by atoms with E-state index in [1.54, 1.807) is 6.20 Å². The van der Waals surface area contributed by atoms with Gasteiger partial charge in [-0.2, -0.15) is 5.26 Å². The van der Waals surface area contributed by atoms with Crippen LogP contribution in [0.3, 0.4) is 0 Å². The lowest BCUT2D eigenvalue weighted by Crippen LogP contribution is -2.32. The van der Waals surface area contributed by atoms with Crippen LogP contribution in [0.4, 0.5) is 5.82 Å². The molecule has 0 saturated carbocycles. The smallest absolute Gasteiger partial charge is 0.148 e. The summed E-state index contributed by atoms with van der Waals surface area (Å²) in [7, 11) is 0. The Bertz CT molecular complexity index is 571. The average Bonchev–Trinajstić information content (AvgIpc) is 2.38. The Morgan fingerprint density at radius 2 is 2.00 bits per heavy atom. The van der Waals surface area contributed by atoms with E-state index in [9.17, 15) is 0 Å². The zero-order valence-corrected chi connectivity index (χ0v) is 10.7. The van der Waals surface area contributed by atoms with E-state index >= 15 is 0 Å². The number of nitriles is 1. The van der Waals surface area contributed by atoms with Crippen LogP contribution in [-0.4, -0.2) is 22.6 Å². The molecule has 0 bridgehead atoms. The second-order valence-corrected chi connectivity index (χ2v) is 4.41. The minimum absolute atomic E-state index is 0.300. The number of para-hydroxylation sites is 2. The van der Waals surface area contributed by atoms with Crippen LogP contribution in [0.1, 0.15) is 20.3 Å². The van der Waals surface area contributed by atoms with Gasteiger partial charge in [-0.15, -0.1) is 0 Å². The van der Waals surface area contributed by atoms with Crippen molar-refractivity contribution in [2.75, 3.05) is 11.4 Å². The van der Waals surface area contributed by atoms with Gasteiger partial charge in [0.25, 0.3) is 0 Å². The predicted molar refractivity (Wildman–Crippen MR) is 72.3 cm³/mol. The van der Waals surface area contributed by atoms with E-state index in [2.05, 4.69) is 34.8 Å². The van der Waals surface area contributed by atoms with Crippen LogP contribution in [0.15, 0.2) is 30.5 Å². The van der Waals surface area contributed by atoms with E-state index in [-0.39, 0.29) is 0 Å². The van der Waals surface area contributed by atoms with Gasteiger partial charge in [0.15, 0.2) is 0 Å². The molecule has 1 aromatic heterocycles. The first-order chi connectivity index (χ1) is 8.72. The van der Waals surface area contributed by atoms with E-state index < -0.39 is 0 Å². The molecule has 1 aromatic carbocycles. The summed E-state index contributed by atoms with van der Waals surface area (Å²) >= 11 is 0. The largest absolute Gasteiger partial charge is 0.352 e. The molecule has 0 fully saturated rings. The van der Waals surface area contributed by atoms with E-state index in [1.165, 1.54) is 0 Å². The first kappa shape index (κ1) is 12.3. The molecule has 2 aromatic rings. The first-order valence-electron chi connectivity index (χ1n) is 6.07. The van der Waals surface area contributed by atoms with Gasteiger partial charge in [-0.3, -0.25) is 4.98 Å². The van der Waals surface area contributed by atoms with Gasteiger partial charge >= 0.3 is 0 Å². The van der Waals surface area contributed by atoms with Crippen LogP contribution < -0.4 is 4.90 Å². The Kier molecular flexibility index (Phi) is 3.73. The summed E-state index contributed by atoms with van der Waals surface area (Å²) in [6.07, 6.45) is 2.27. The molecule has 4 heteroatoms. The summed E-state index contributed by atoms with van der Waals surface area (Å²) in [5, 5.41) is 8.70. The molecule has 0 radical (unpaired) electrons. The molecule has 0 aliphatic heterocycles. The fraction of sp³-hybridized carbons (Fsp3) is 0.357. The highest BCUT2D eigenvalue weighted by molar-refractivity contribution is 5.75. The lowest BCUT2D eigenvalue weighted by molar-refractivity contribution is 0.677. The fourth-order valence-electron chi connectivity index (χ4n) is 1.89. The van der Waals surface area contributed by atoms with E-state index in [0.717, 1.165) is 16.9 Å². The van der Waals surface area contributed by atoms with Crippen LogP contribution in [0.5, 0.6) is 0 Å². The van der Waals surface area contributed by atoms with Crippen molar-refractivity contribution in [1.82, 2.24) is 9.97 Å². The summed E-state index contributed by atoms with van der Waals surface area (Å²) in [5.41, 5.74) is 1.78. The zero-order valence-electron chi connectivity index (χ0n) is 10.7.